The second-order valence-electron chi connectivity index (χ2n) is 6.76. The van der Waals surface area contributed by atoms with Crippen LogP contribution >= 0.6 is 11.6 Å². The fraction of sp³-hybridized carbons (Fsp3) is 0.227. The summed E-state index contributed by atoms with van der Waals surface area (Å²) in [5, 5.41) is 0.633. The number of benzene rings is 2. The fourth-order valence-corrected chi connectivity index (χ4v) is 3.67. The van der Waals surface area contributed by atoms with Crippen molar-refractivity contribution in [2.45, 2.75) is 6.92 Å². The molecule has 2 aromatic carbocycles. The van der Waals surface area contributed by atoms with Gasteiger partial charge >= 0.3 is 0 Å². The Morgan fingerprint density at radius 2 is 1.79 bits per heavy atom. The van der Waals surface area contributed by atoms with Crippen LogP contribution in [0.5, 0.6) is 0 Å². The van der Waals surface area contributed by atoms with E-state index in [-0.39, 0.29) is 11.7 Å². The zero-order valence-corrected chi connectivity index (χ0v) is 16.2. The molecule has 0 atom stereocenters. The van der Waals surface area contributed by atoms with E-state index in [1.54, 1.807) is 23.1 Å². The van der Waals surface area contributed by atoms with Crippen molar-refractivity contribution in [2.75, 3.05) is 26.3 Å². The van der Waals surface area contributed by atoms with E-state index >= 15 is 0 Å². The lowest BCUT2D eigenvalue weighted by molar-refractivity contribution is 0.0302. The average molecular weight is 399 g/mol. The predicted molar refractivity (Wildman–Crippen MR) is 108 cm³/mol. The molecule has 1 amide bonds. The first-order valence-electron chi connectivity index (χ1n) is 9.16. The Balaban J connectivity index is 1.86. The minimum atomic E-state index is -0.325. The Bertz CT molecular complexity index is 1010. The van der Waals surface area contributed by atoms with E-state index in [1.807, 2.05) is 35.8 Å². The zero-order valence-electron chi connectivity index (χ0n) is 15.5. The zero-order chi connectivity index (χ0) is 19.7. The molecule has 6 heteroatoms. The molecule has 1 aliphatic rings. The van der Waals surface area contributed by atoms with Crippen LogP contribution in [-0.2, 0) is 4.74 Å². The van der Waals surface area contributed by atoms with Gasteiger partial charge in [-0.15, -0.1) is 0 Å². The maximum absolute atomic E-state index is 13.9. The molecule has 3 aromatic rings. The quantitative estimate of drug-likeness (QED) is 0.640. The van der Waals surface area contributed by atoms with Gasteiger partial charge in [-0.1, -0.05) is 29.8 Å². The van der Waals surface area contributed by atoms with Crippen molar-refractivity contribution in [1.82, 2.24) is 9.47 Å². The Labute approximate surface area is 168 Å². The van der Waals surface area contributed by atoms with Gasteiger partial charge in [0.1, 0.15) is 5.82 Å². The summed E-state index contributed by atoms with van der Waals surface area (Å²) in [6.45, 7) is 4.11. The van der Waals surface area contributed by atoms with Crippen LogP contribution in [0.1, 0.15) is 16.1 Å². The molecular weight excluding hydrogens is 379 g/mol. The number of carbonyl (C=O) groups is 1. The molecule has 0 N–H and O–H groups in total. The summed E-state index contributed by atoms with van der Waals surface area (Å²) in [5.41, 5.74) is 3.76. The molecule has 1 fully saturated rings. The van der Waals surface area contributed by atoms with E-state index in [9.17, 15) is 9.18 Å². The van der Waals surface area contributed by atoms with Gasteiger partial charge in [0.2, 0.25) is 0 Å². The number of ether oxygens (including phenoxy) is 1. The van der Waals surface area contributed by atoms with Crippen LogP contribution in [0.25, 0.3) is 16.9 Å². The van der Waals surface area contributed by atoms with Crippen LogP contribution in [0.2, 0.25) is 5.02 Å². The molecule has 0 bridgehead atoms. The average Bonchev–Trinajstić information content (AvgIpc) is 3.06. The molecule has 4 rings (SSSR count). The molecule has 0 saturated carbocycles. The van der Waals surface area contributed by atoms with E-state index < -0.39 is 0 Å². The van der Waals surface area contributed by atoms with Crippen molar-refractivity contribution >= 4 is 17.5 Å². The van der Waals surface area contributed by atoms with Crippen LogP contribution in [-0.4, -0.2) is 41.7 Å². The molecule has 0 spiro atoms. The Hall–Kier alpha value is -2.63. The normalized spacial score (nSPS) is 14.3. The van der Waals surface area contributed by atoms with Gasteiger partial charge in [0.05, 0.1) is 24.5 Å². The van der Waals surface area contributed by atoms with Crippen molar-refractivity contribution in [3.8, 4) is 16.9 Å². The largest absolute Gasteiger partial charge is 0.378 e. The molecule has 0 unspecified atom stereocenters. The lowest BCUT2D eigenvalue weighted by Gasteiger charge is -2.26. The highest BCUT2D eigenvalue weighted by Crippen LogP contribution is 2.31. The first kappa shape index (κ1) is 18.7. The second kappa shape index (κ2) is 7.78. The highest BCUT2D eigenvalue weighted by atomic mass is 35.5. The third-order valence-corrected chi connectivity index (χ3v) is 5.23. The van der Waals surface area contributed by atoms with Gasteiger partial charge in [-0.3, -0.25) is 4.79 Å². The Morgan fingerprint density at radius 1 is 1.07 bits per heavy atom. The first-order valence-corrected chi connectivity index (χ1v) is 9.53. The summed E-state index contributed by atoms with van der Waals surface area (Å²) in [4.78, 5) is 14.9. The first-order chi connectivity index (χ1) is 13.5. The molecule has 1 saturated heterocycles. The van der Waals surface area contributed by atoms with Gasteiger partial charge < -0.3 is 14.2 Å². The smallest absolute Gasteiger partial charge is 0.255 e. The summed E-state index contributed by atoms with van der Waals surface area (Å²) in [6.07, 6.45) is 0. The van der Waals surface area contributed by atoms with Crippen LogP contribution in [0, 0.1) is 12.7 Å². The SMILES string of the molecule is Cc1c(C(=O)N2CCOCC2)cc(-c2ccc(Cl)cc2)n1-c1cccc(F)c1. The predicted octanol–water partition coefficient (Wildman–Crippen LogP) is 4.72. The third kappa shape index (κ3) is 3.55. The highest BCUT2D eigenvalue weighted by molar-refractivity contribution is 6.30. The monoisotopic (exact) mass is 398 g/mol. The minimum absolute atomic E-state index is 0.0360. The summed E-state index contributed by atoms with van der Waals surface area (Å²) in [6, 6.07) is 15.7. The number of nitrogens with zero attached hydrogens (tertiary/aromatic N) is 2. The van der Waals surface area contributed by atoms with Crippen molar-refractivity contribution in [3.63, 3.8) is 0 Å². The fourth-order valence-electron chi connectivity index (χ4n) is 3.54. The lowest BCUT2D eigenvalue weighted by Crippen LogP contribution is -2.40. The lowest BCUT2D eigenvalue weighted by atomic mass is 10.1. The van der Waals surface area contributed by atoms with Crippen molar-refractivity contribution in [1.29, 1.82) is 0 Å². The van der Waals surface area contributed by atoms with Crippen LogP contribution < -0.4 is 0 Å². The number of morpholine rings is 1. The number of halogens is 2. The number of rotatable bonds is 3. The van der Waals surface area contributed by atoms with Crippen LogP contribution in [0.4, 0.5) is 4.39 Å². The number of hydrogen-bond donors (Lipinski definition) is 0. The van der Waals surface area contributed by atoms with Crippen LogP contribution in [0.15, 0.2) is 54.6 Å². The molecule has 4 nitrogen and oxygen atoms in total. The molecule has 0 aliphatic carbocycles. The summed E-state index contributed by atoms with van der Waals surface area (Å²) in [5.74, 6) is -0.361. The van der Waals surface area contributed by atoms with Crippen molar-refractivity contribution in [2.24, 2.45) is 0 Å². The molecule has 1 aromatic heterocycles. The van der Waals surface area contributed by atoms with Gasteiger partial charge in [-0.05, 0) is 48.9 Å². The number of carbonyl (C=O) groups excluding carboxylic acids is 1. The van der Waals surface area contributed by atoms with Gasteiger partial charge in [0, 0.05) is 29.5 Å². The van der Waals surface area contributed by atoms with Crippen molar-refractivity contribution < 1.29 is 13.9 Å². The standard InChI is InChI=1S/C22H20ClFN2O2/c1-15-20(22(27)25-9-11-28-12-10-25)14-21(16-5-7-17(23)8-6-16)26(15)19-4-2-3-18(24)13-19/h2-8,13-14H,9-12H2,1H3. The van der Waals surface area contributed by atoms with Crippen LogP contribution in [0.3, 0.4) is 0 Å². The summed E-state index contributed by atoms with van der Waals surface area (Å²) < 4.78 is 21.2. The van der Waals surface area contributed by atoms with Gasteiger partial charge in [0.15, 0.2) is 0 Å². The maximum Gasteiger partial charge on any atom is 0.255 e. The van der Waals surface area contributed by atoms with E-state index in [1.165, 1.54) is 12.1 Å². The minimum Gasteiger partial charge on any atom is -0.378 e. The molecule has 144 valence electrons. The third-order valence-electron chi connectivity index (χ3n) is 4.98. The summed E-state index contributed by atoms with van der Waals surface area (Å²) >= 11 is 6.04. The number of amides is 1. The summed E-state index contributed by atoms with van der Waals surface area (Å²) in [7, 11) is 0. The van der Waals surface area contributed by atoms with E-state index in [0.29, 0.717) is 42.6 Å². The molecule has 2 heterocycles. The van der Waals surface area contributed by atoms with Crippen molar-refractivity contribution in [3.05, 3.63) is 76.7 Å². The van der Waals surface area contributed by atoms with E-state index in [2.05, 4.69) is 0 Å². The Kier molecular flexibility index (Phi) is 5.20. The highest BCUT2D eigenvalue weighted by Gasteiger charge is 2.25. The molecule has 0 radical (unpaired) electrons. The topological polar surface area (TPSA) is 34.5 Å². The number of aromatic nitrogens is 1. The van der Waals surface area contributed by atoms with Gasteiger partial charge in [0.25, 0.3) is 5.91 Å². The maximum atomic E-state index is 13.9. The Morgan fingerprint density at radius 3 is 2.46 bits per heavy atom. The van der Waals surface area contributed by atoms with Gasteiger partial charge in [-0.25, -0.2) is 4.39 Å². The second-order valence-corrected chi connectivity index (χ2v) is 7.19. The van der Waals surface area contributed by atoms with Gasteiger partial charge in [-0.2, -0.15) is 0 Å². The van der Waals surface area contributed by atoms with E-state index in [4.69, 9.17) is 16.3 Å². The molecule has 1 aliphatic heterocycles. The molecule has 28 heavy (non-hydrogen) atoms. The number of hydrogen-bond acceptors (Lipinski definition) is 2. The van der Waals surface area contributed by atoms with E-state index in [0.717, 1.165) is 17.0 Å². The molecular formula is C22H20ClFN2O2.